The smallest absolute Gasteiger partial charge is 0.504 e. The molecule has 102 valence electrons. The summed E-state index contributed by atoms with van der Waals surface area (Å²) in [5.74, 6) is -1.25. The van der Waals surface area contributed by atoms with Crippen LogP contribution < -0.4 is 10.5 Å². The predicted octanol–water partition coefficient (Wildman–Crippen LogP) is 3.40. The van der Waals surface area contributed by atoms with Crippen molar-refractivity contribution in [3.8, 4) is 11.5 Å². The van der Waals surface area contributed by atoms with Crippen LogP contribution in [-0.4, -0.2) is 11.5 Å². The largest absolute Gasteiger partial charge is 0.573 e. The van der Waals surface area contributed by atoms with E-state index in [1.165, 1.54) is 23.5 Å². The summed E-state index contributed by atoms with van der Waals surface area (Å²) in [5, 5.41) is 11.6. The van der Waals surface area contributed by atoms with E-state index in [0.717, 1.165) is 10.9 Å². The minimum absolute atomic E-state index is 0.184. The van der Waals surface area contributed by atoms with Gasteiger partial charge in [-0.25, -0.2) is 0 Å². The maximum atomic E-state index is 12.2. The summed E-state index contributed by atoms with van der Waals surface area (Å²) in [6.45, 7) is 0. The lowest BCUT2D eigenvalue weighted by molar-refractivity contribution is -0.275. The van der Waals surface area contributed by atoms with Crippen LogP contribution in [-0.2, 0) is 0 Å². The molecule has 0 saturated heterocycles. The van der Waals surface area contributed by atoms with Crippen molar-refractivity contribution in [2.45, 2.75) is 12.4 Å². The Morgan fingerprint density at radius 1 is 1.21 bits per heavy atom. The number of phenolic OH excluding ortho intramolecular Hbond substituents is 1. The molecule has 1 aromatic heterocycles. The molecule has 3 N–H and O–H groups in total. The first-order chi connectivity index (χ1) is 8.88. The SMILES string of the molecule is N[C@@H](c1cccs1)c1cccc(OC(F)(F)F)c1O. The monoisotopic (exact) mass is 289 g/mol. The fourth-order valence-corrected chi connectivity index (χ4v) is 2.36. The Labute approximate surface area is 111 Å². The molecule has 0 aliphatic rings. The molecule has 0 aliphatic heterocycles. The second kappa shape index (κ2) is 5.10. The Hall–Kier alpha value is -1.73. The highest BCUT2D eigenvalue weighted by molar-refractivity contribution is 7.10. The molecule has 19 heavy (non-hydrogen) atoms. The number of hydrogen-bond acceptors (Lipinski definition) is 4. The number of halogens is 3. The minimum Gasteiger partial charge on any atom is -0.504 e. The molecule has 2 aromatic rings. The van der Waals surface area contributed by atoms with Crippen LogP contribution in [0.2, 0.25) is 0 Å². The van der Waals surface area contributed by atoms with Gasteiger partial charge in [-0.15, -0.1) is 24.5 Å². The van der Waals surface area contributed by atoms with E-state index in [2.05, 4.69) is 4.74 Å². The molecule has 0 radical (unpaired) electrons. The third kappa shape index (κ3) is 3.18. The Bertz CT molecular complexity index is 555. The highest BCUT2D eigenvalue weighted by Gasteiger charge is 2.33. The Morgan fingerprint density at radius 3 is 2.53 bits per heavy atom. The normalized spacial score (nSPS) is 13.3. The molecule has 0 unspecified atom stereocenters. The zero-order chi connectivity index (χ0) is 14.0. The van der Waals surface area contributed by atoms with Gasteiger partial charge in [0.15, 0.2) is 11.5 Å². The average Bonchev–Trinajstić information content (AvgIpc) is 2.83. The van der Waals surface area contributed by atoms with E-state index >= 15 is 0 Å². The number of para-hydroxylation sites is 1. The van der Waals surface area contributed by atoms with Gasteiger partial charge in [-0.2, -0.15) is 0 Å². The van der Waals surface area contributed by atoms with Crippen molar-refractivity contribution in [1.29, 1.82) is 0 Å². The van der Waals surface area contributed by atoms with Gasteiger partial charge < -0.3 is 15.6 Å². The highest BCUT2D eigenvalue weighted by atomic mass is 32.1. The molecule has 1 atom stereocenters. The molecule has 3 nitrogen and oxygen atoms in total. The van der Waals surface area contributed by atoms with Gasteiger partial charge >= 0.3 is 6.36 Å². The molecule has 7 heteroatoms. The number of alkyl halides is 3. The zero-order valence-corrected chi connectivity index (χ0v) is 10.3. The number of benzene rings is 1. The van der Waals surface area contributed by atoms with Gasteiger partial charge in [0.25, 0.3) is 0 Å². The van der Waals surface area contributed by atoms with Crippen molar-refractivity contribution in [3.63, 3.8) is 0 Å². The number of hydrogen-bond donors (Lipinski definition) is 2. The maximum absolute atomic E-state index is 12.2. The summed E-state index contributed by atoms with van der Waals surface area (Å²) < 4.78 is 40.2. The number of aromatic hydroxyl groups is 1. The number of phenols is 1. The highest BCUT2D eigenvalue weighted by Crippen LogP contribution is 2.38. The first kappa shape index (κ1) is 13.7. The lowest BCUT2D eigenvalue weighted by Crippen LogP contribution is -2.18. The summed E-state index contributed by atoms with van der Waals surface area (Å²) >= 11 is 1.35. The van der Waals surface area contributed by atoms with Crippen molar-refractivity contribution >= 4 is 11.3 Å². The quantitative estimate of drug-likeness (QED) is 0.910. The first-order valence-corrected chi connectivity index (χ1v) is 6.13. The van der Waals surface area contributed by atoms with Crippen LogP contribution in [0.5, 0.6) is 11.5 Å². The number of rotatable bonds is 3. The standard InChI is InChI=1S/C12H10F3NO2S/c13-12(14,15)18-8-4-1-3-7(11(8)17)10(16)9-5-2-6-19-9/h1-6,10,17H,16H2/t10-/m1/s1. The molecule has 1 heterocycles. The molecule has 0 saturated carbocycles. The molecule has 2 rings (SSSR count). The van der Waals surface area contributed by atoms with Crippen LogP contribution in [0.1, 0.15) is 16.5 Å². The fraction of sp³-hybridized carbons (Fsp3) is 0.167. The van der Waals surface area contributed by atoms with Crippen LogP contribution in [0.25, 0.3) is 0 Å². The van der Waals surface area contributed by atoms with E-state index in [-0.39, 0.29) is 5.56 Å². The van der Waals surface area contributed by atoms with E-state index in [1.54, 1.807) is 17.5 Å². The first-order valence-electron chi connectivity index (χ1n) is 5.25. The Kier molecular flexibility index (Phi) is 3.68. The number of ether oxygens (including phenoxy) is 1. The number of nitrogens with two attached hydrogens (primary N) is 1. The predicted molar refractivity (Wildman–Crippen MR) is 65.1 cm³/mol. The van der Waals surface area contributed by atoms with Crippen molar-refractivity contribution in [2.24, 2.45) is 5.73 Å². The fourth-order valence-electron chi connectivity index (χ4n) is 1.62. The third-order valence-corrected chi connectivity index (χ3v) is 3.40. The zero-order valence-electron chi connectivity index (χ0n) is 9.52. The van der Waals surface area contributed by atoms with Gasteiger partial charge in [-0.05, 0) is 17.5 Å². The summed E-state index contributed by atoms with van der Waals surface area (Å²) in [6, 6.07) is 6.66. The third-order valence-electron chi connectivity index (χ3n) is 2.44. The second-order valence-corrected chi connectivity index (χ2v) is 4.71. The minimum atomic E-state index is -4.86. The van der Waals surface area contributed by atoms with Crippen molar-refractivity contribution in [3.05, 3.63) is 46.2 Å². The molecule has 0 fully saturated rings. The lowest BCUT2D eigenvalue weighted by atomic mass is 10.0. The molecule has 0 bridgehead atoms. The Balaban J connectivity index is 2.35. The van der Waals surface area contributed by atoms with Gasteiger partial charge in [0.1, 0.15) is 0 Å². The maximum Gasteiger partial charge on any atom is 0.573 e. The molecule has 0 spiro atoms. The van der Waals surface area contributed by atoms with E-state index in [4.69, 9.17) is 5.73 Å². The summed E-state index contributed by atoms with van der Waals surface area (Å²) in [7, 11) is 0. The summed E-state index contributed by atoms with van der Waals surface area (Å²) in [5.41, 5.74) is 6.09. The van der Waals surface area contributed by atoms with E-state index in [1.807, 2.05) is 0 Å². The van der Waals surface area contributed by atoms with Crippen LogP contribution in [0.3, 0.4) is 0 Å². The molecule has 0 amide bonds. The topological polar surface area (TPSA) is 55.5 Å². The van der Waals surface area contributed by atoms with Gasteiger partial charge in [-0.1, -0.05) is 18.2 Å². The molecule has 1 aromatic carbocycles. The molecular weight excluding hydrogens is 279 g/mol. The van der Waals surface area contributed by atoms with Crippen LogP contribution in [0.15, 0.2) is 35.7 Å². The molecule has 0 aliphatic carbocycles. The summed E-state index contributed by atoms with van der Waals surface area (Å²) in [6.07, 6.45) is -4.86. The van der Waals surface area contributed by atoms with Crippen LogP contribution in [0.4, 0.5) is 13.2 Å². The number of thiophene rings is 1. The van der Waals surface area contributed by atoms with Crippen molar-refractivity contribution < 1.29 is 23.0 Å². The summed E-state index contributed by atoms with van der Waals surface area (Å²) in [4.78, 5) is 0.736. The average molecular weight is 289 g/mol. The van der Waals surface area contributed by atoms with E-state index in [9.17, 15) is 18.3 Å². The van der Waals surface area contributed by atoms with Crippen LogP contribution >= 0.6 is 11.3 Å². The van der Waals surface area contributed by atoms with E-state index < -0.39 is 23.9 Å². The van der Waals surface area contributed by atoms with Crippen LogP contribution in [0, 0.1) is 0 Å². The molecular formula is C12H10F3NO2S. The van der Waals surface area contributed by atoms with Gasteiger partial charge in [0, 0.05) is 10.4 Å². The van der Waals surface area contributed by atoms with Gasteiger partial charge in [0.05, 0.1) is 6.04 Å². The van der Waals surface area contributed by atoms with Crippen molar-refractivity contribution in [1.82, 2.24) is 0 Å². The van der Waals surface area contributed by atoms with Gasteiger partial charge in [0.2, 0.25) is 0 Å². The second-order valence-electron chi connectivity index (χ2n) is 3.73. The van der Waals surface area contributed by atoms with E-state index in [0.29, 0.717) is 0 Å². The Morgan fingerprint density at radius 2 is 1.95 bits per heavy atom. The van der Waals surface area contributed by atoms with Gasteiger partial charge in [-0.3, -0.25) is 0 Å². The lowest BCUT2D eigenvalue weighted by Gasteiger charge is -2.16. The van der Waals surface area contributed by atoms with Crippen molar-refractivity contribution in [2.75, 3.05) is 0 Å².